The number of carbonyl (C=O) groups excluding carboxylic acids is 2. The smallest absolute Gasteiger partial charge is 0.244 e. The Hall–Kier alpha value is -2.22. The Kier molecular flexibility index (Phi) is 4.69. The van der Waals surface area contributed by atoms with Crippen LogP contribution in [0.3, 0.4) is 0 Å². The standard InChI is InChI=1S/C21H30N6O2/c1-26-10-6-15(7-11-26)24-20-23-13-14-12-21(8-9-22-18(21)28)19(29)27(17(14)25-20)16-4-2-3-5-16/h13,15-16H,2-12H2,1H3,(H,22,28)(H,23,24,25)/t21-/m1/s1. The van der Waals surface area contributed by atoms with Gasteiger partial charge in [0.25, 0.3) is 0 Å². The average molecular weight is 399 g/mol. The summed E-state index contributed by atoms with van der Waals surface area (Å²) in [6.45, 7) is 2.69. The molecule has 8 nitrogen and oxygen atoms in total. The zero-order chi connectivity index (χ0) is 20.0. The van der Waals surface area contributed by atoms with Gasteiger partial charge in [-0.3, -0.25) is 14.5 Å². The minimum absolute atomic E-state index is 0.0594. The predicted molar refractivity (Wildman–Crippen MR) is 110 cm³/mol. The molecule has 4 aliphatic rings. The molecule has 0 unspecified atom stereocenters. The Labute approximate surface area is 171 Å². The second-order valence-electron chi connectivity index (χ2n) is 9.14. The molecule has 156 valence electrons. The molecule has 2 saturated heterocycles. The van der Waals surface area contributed by atoms with Crippen molar-refractivity contribution >= 4 is 23.6 Å². The summed E-state index contributed by atoms with van der Waals surface area (Å²) >= 11 is 0. The van der Waals surface area contributed by atoms with E-state index in [4.69, 9.17) is 4.98 Å². The Morgan fingerprint density at radius 2 is 1.93 bits per heavy atom. The first-order valence-corrected chi connectivity index (χ1v) is 11.0. The normalized spacial score (nSPS) is 28.8. The minimum Gasteiger partial charge on any atom is -0.355 e. The summed E-state index contributed by atoms with van der Waals surface area (Å²) in [6.07, 6.45) is 9.12. The molecule has 0 radical (unpaired) electrons. The van der Waals surface area contributed by atoms with Crippen LogP contribution in [0, 0.1) is 5.41 Å². The van der Waals surface area contributed by atoms with Crippen LogP contribution in [-0.4, -0.2) is 65.4 Å². The first-order valence-electron chi connectivity index (χ1n) is 11.0. The summed E-state index contributed by atoms with van der Waals surface area (Å²) in [5, 5.41) is 6.36. The van der Waals surface area contributed by atoms with Gasteiger partial charge in [0.1, 0.15) is 11.2 Å². The van der Waals surface area contributed by atoms with E-state index in [0.717, 1.165) is 63.0 Å². The van der Waals surface area contributed by atoms with E-state index >= 15 is 0 Å². The number of hydrogen-bond acceptors (Lipinski definition) is 6. The molecular formula is C21H30N6O2. The highest BCUT2D eigenvalue weighted by atomic mass is 16.2. The Morgan fingerprint density at radius 1 is 1.17 bits per heavy atom. The average Bonchev–Trinajstić information content (AvgIpc) is 3.36. The zero-order valence-electron chi connectivity index (χ0n) is 17.1. The second kappa shape index (κ2) is 7.23. The van der Waals surface area contributed by atoms with Crippen LogP contribution < -0.4 is 15.5 Å². The Morgan fingerprint density at radius 3 is 2.62 bits per heavy atom. The molecule has 3 fully saturated rings. The van der Waals surface area contributed by atoms with Crippen molar-refractivity contribution in [3.05, 3.63) is 11.8 Å². The van der Waals surface area contributed by atoms with E-state index in [1.807, 2.05) is 11.1 Å². The van der Waals surface area contributed by atoms with Crippen molar-refractivity contribution in [1.29, 1.82) is 0 Å². The molecule has 0 bridgehead atoms. The number of anilines is 2. The lowest BCUT2D eigenvalue weighted by Crippen LogP contribution is -2.56. The lowest BCUT2D eigenvalue weighted by Gasteiger charge is -2.41. The van der Waals surface area contributed by atoms with Gasteiger partial charge in [-0.1, -0.05) is 12.8 Å². The highest BCUT2D eigenvalue weighted by Crippen LogP contribution is 2.44. The summed E-state index contributed by atoms with van der Waals surface area (Å²) in [5.74, 6) is 1.12. The molecule has 1 aromatic heterocycles. The Bertz CT molecular complexity index is 815. The molecule has 1 atom stereocenters. The summed E-state index contributed by atoms with van der Waals surface area (Å²) in [5.41, 5.74) is -0.0514. The van der Waals surface area contributed by atoms with Gasteiger partial charge in [-0.05, 0) is 52.2 Å². The highest BCUT2D eigenvalue weighted by Gasteiger charge is 2.56. The van der Waals surface area contributed by atoms with Gasteiger partial charge in [0.2, 0.25) is 17.8 Å². The zero-order valence-corrected chi connectivity index (χ0v) is 17.1. The van der Waals surface area contributed by atoms with Crippen LogP contribution >= 0.6 is 0 Å². The van der Waals surface area contributed by atoms with Gasteiger partial charge in [0.05, 0.1) is 0 Å². The number of nitrogens with one attached hydrogen (secondary N) is 2. The van der Waals surface area contributed by atoms with Crippen LogP contribution in [0.2, 0.25) is 0 Å². The van der Waals surface area contributed by atoms with Crippen LogP contribution in [0.5, 0.6) is 0 Å². The molecule has 4 heterocycles. The number of likely N-dealkylation sites (tertiary alicyclic amines) is 1. The van der Waals surface area contributed by atoms with Crippen molar-refractivity contribution in [2.75, 3.05) is 36.9 Å². The van der Waals surface area contributed by atoms with Crippen molar-refractivity contribution in [3.8, 4) is 0 Å². The van der Waals surface area contributed by atoms with E-state index in [0.29, 0.717) is 31.4 Å². The van der Waals surface area contributed by atoms with Gasteiger partial charge >= 0.3 is 0 Å². The third-order valence-electron chi connectivity index (χ3n) is 7.20. The maximum atomic E-state index is 13.6. The van der Waals surface area contributed by atoms with E-state index in [-0.39, 0.29) is 17.9 Å². The molecule has 29 heavy (non-hydrogen) atoms. The molecule has 2 amide bonds. The first kappa shape index (κ1) is 18.8. The maximum absolute atomic E-state index is 13.6. The first-order chi connectivity index (χ1) is 14.1. The SMILES string of the molecule is CN1CCC(Nc2ncc3c(n2)N(C2CCCC2)C(=O)[C@]2(CCNC2=O)C3)CC1. The number of carbonyl (C=O) groups is 2. The molecule has 1 spiro atoms. The predicted octanol–water partition coefficient (Wildman–Crippen LogP) is 1.32. The number of amides is 2. The fourth-order valence-corrected chi connectivity index (χ4v) is 5.41. The number of fused-ring (bicyclic) bond motifs is 1. The molecule has 8 heteroatoms. The third kappa shape index (κ3) is 3.17. The topological polar surface area (TPSA) is 90.5 Å². The van der Waals surface area contributed by atoms with Crippen LogP contribution in [-0.2, 0) is 16.0 Å². The molecule has 1 aliphatic carbocycles. The fourth-order valence-electron chi connectivity index (χ4n) is 5.41. The van der Waals surface area contributed by atoms with Gasteiger partial charge < -0.3 is 15.5 Å². The van der Waals surface area contributed by atoms with Crippen molar-refractivity contribution in [2.45, 2.75) is 63.5 Å². The lowest BCUT2D eigenvalue weighted by molar-refractivity contribution is -0.140. The molecule has 1 saturated carbocycles. The van der Waals surface area contributed by atoms with Crippen LogP contribution in [0.4, 0.5) is 11.8 Å². The third-order valence-corrected chi connectivity index (χ3v) is 7.20. The number of hydrogen-bond donors (Lipinski definition) is 2. The molecular weight excluding hydrogens is 368 g/mol. The lowest BCUT2D eigenvalue weighted by atomic mass is 9.76. The van der Waals surface area contributed by atoms with E-state index in [1.165, 1.54) is 0 Å². The van der Waals surface area contributed by atoms with E-state index in [1.54, 1.807) is 0 Å². The van der Waals surface area contributed by atoms with Gasteiger partial charge in [-0.25, -0.2) is 4.98 Å². The van der Waals surface area contributed by atoms with Gasteiger partial charge in [0, 0.05) is 36.8 Å². The highest BCUT2D eigenvalue weighted by molar-refractivity contribution is 6.14. The van der Waals surface area contributed by atoms with Gasteiger partial charge in [0.15, 0.2) is 0 Å². The van der Waals surface area contributed by atoms with Crippen molar-refractivity contribution in [2.24, 2.45) is 5.41 Å². The molecule has 1 aromatic rings. The number of rotatable bonds is 3. The molecule has 0 aromatic carbocycles. The molecule has 2 N–H and O–H groups in total. The second-order valence-corrected chi connectivity index (χ2v) is 9.14. The van der Waals surface area contributed by atoms with Gasteiger partial charge in [-0.15, -0.1) is 0 Å². The number of aromatic nitrogens is 2. The summed E-state index contributed by atoms with van der Waals surface area (Å²) in [4.78, 5) is 39.9. The largest absolute Gasteiger partial charge is 0.355 e. The van der Waals surface area contributed by atoms with E-state index < -0.39 is 5.41 Å². The quantitative estimate of drug-likeness (QED) is 0.747. The van der Waals surface area contributed by atoms with E-state index in [9.17, 15) is 9.59 Å². The molecule has 5 rings (SSSR count). The van der Waals surface area contributed by atoms with E-state index in [2.05, 4.69) is 27.6 Å². The summed E-state index contributed by atoms with van der Waals surface area (Å²) in [7, 11) is 2.14. The van der Waals surface area contributed by atoms with Crippen molar-refractivity contribution < 1.29 is 9.59 Å². The monoisotopic (exact) mass is 398 g/mol. The van der Waals surface area contributed by atoms with Crippen LogP contribution in [0.15, 0.2) is 6.20 Å². The fraction of sp³-hybridized carbons (Fsp3) is 0.714. The van der Waals surface area contributed by atoms with Crippen LogP contribution in [0.1, 0.15) is 50.5 Å². The number of piperidine rings is 1. The van der Waals surface area contributed by atoms with Crippen molar-refractivity contribution in [3.63, 3.8) is 0 Å². The maximum Gasteiger partial charge on any atom is 0.244 e. The van der Waals surface area contributed by atoms with Crippen LogP contribution in [0.25, 0.3) is 0 Å². The summed E-state index contributed by atoms with van der Waals surface area (Å²) < 4.78 is 0. The molecule has 3 aliphatic heterocycles. The van der Waals surface area contributed by atoms with Gasteiger partial charge in [-0.2, -0.15) is 4.98 Å². The van der Waals surface area contributed by atoms with Crippen molar-refractivity contribution in [1.82, 2.24) is 20.2 Å². The summed E-state index contributed by atoms with van der Waals surface area (Å²) in [6, 6.07) is 0.494. The number of nitrogens with zero attached hydrogens (tertiary/aromatic N) is 4. The minimum atomic E-state index is -0.970. The Balaban J connectivity index is 1.47.